The number of hydrogen-bond acceptors (Lipinski definition) is 6. The normalized spacial score (nSPS) is 39.5. The number of aromatic nitrogens is 2. The molecule has 2 fully saturated rings. The van der Waals surface area contributed by atoms with Crippen LogP contribution in [0.3, 0.4) is 0 Å². The van der Waals surface area contributed by atoms with Crippen molar-refractivity contribution in [3.05, 3.63) is 52.6 Å². The fourth-order valence-corrected chi connectivity index (χ4v) is 8.58. The summed E-state index contributed by atoms with van der Waals surface area (Å²) < 4.78 is 51.5. The zero-order valence-corrected chi connectivity index (χ0v) is 22.1. The number of rotatable bonds is 2. The minimum atomic E-state index is -4.57. The van der Waals surface area contributed by atoms with Gasteiger partial charge in [-0.15, -0.1) is 0 Å². The van der Waals surface area contributed by atoms with Crippen LogP contribution >= 0.6 is 0 Å². The van der Waals surface area contributed by atoms with Crippen LogP contribution in [0.1, 0.15) is 44.6 Å². The number of nitrogens with two attached hydrogens (primary N) is 1. The maximum absolute atomic E-state index is 14.9. The lowest BCUT2D eigenvalue weighted by Crippen LogP contribution is -2.62. The van der Waals surface area contributed by atoms with E-state index >= 15 is 0 Å². The van der Waals surface area contributed by atoms with Crippen LogP contribution in [0.15, 0.2) is 47.1 Å². The SMILES string of the molecule is CN(C)[C@H]1C[C@@]23CC[C@@]4(O2)C(=C(C(F)(F)F)C[C@]2(C)C(c5ccc6c(N)n[nH]c6c5)=CCC24)C=C3[C@@H](O)[C@@H]1O. The number of H-pyrrole nitrogens is 1. The number of anilines is 1. The number of aromatic amines is 1. The van der Waals surface area contributed by atoms with Crippen molar-refractivity contribution in [1.82, 2.24) is 15.1 Å². The molecule has 3 aliphatic carbocycles. The van der Waals surface area contributed by atoms with E-state index in [0.717, 1.165) is 22.0 Å². The second kappa shape index (κ2) is 7.75. The molecule has 2 spiro atoms. The first-order valence-corrected chi connectivity index (χ1v) is 13.5. The molecule has 1 saturated heterocycles. The molecular weight excluding hydrogens is 509 g/mol. The summed E-state index contributed by atoms with van der Waals surface area (Å²) in [6.07, 6.45) is -1.58. The van der Waals surface area contributed by atoms with Gasteiger partial charge in [0.05, 0.1) is 22.8 Å². The van der Waals surface area contributed by atoms with E-state index in [-0.39, 0.29) is 24.0 Å². The van der Waals surface area contributed by atoms with Gasteiger partial charge in [0.1, 0.15) is 6.10 Å². The molecule has 1 aromatic heterocycles. The summed E-state index contributed by atoms with van der Waals surface area (Å²) in [5, 5.41) is 29.8. The number of benzene rings is 1. The molecule has 2 aliphatic heterocycles. The van der Waals surface area contributed by atoms with Gasteiger partial charge in [0, 0.05) is 28.3 Å². The molecule has 3 heterocycles. The van der Waals surface area contributed by atoms with Gasteiger partial charge in [0.25, 0.3) is 0 Å². The predicted octanol–water partition coefficient (Wildman–Crippen LogP) is 4.10. The Morgan fingerprint density at radius 1 is 1.21 bits per heavy atom. The Morgan fingerprint density at radius 3 is 2.69 bits per heavy atom. The molecule has 7 rings (SSSR count). The van der Waals surface area contributed by atoms with Crippen LogP contribution in [-0.2, 0) is 4.74 Å². The van der Waals surface area contributed by atoms with Crippen LogP contribution in [0.2, 0.25) is 0 Å². The number of alkyl halides is 3. The lowest BCUT2D eigenvalue weighted by molar-refractivity contribution is -0.170. The third-order valence-electron chi connectivity index (χ3n) is 10.4. The topological polar surface area (TPSA) is 108 Å². The monoisotopic (exact) mass is 542 g/mol. The van der Waals surface area contributed by atoms with E-state index in [4.69, 9.17) is 10.5 Å². The van der Waals surface area contributed by atoms with Crippen LogP contribution < -0.4 is 5.73 Å². The molecule has 0 radical (unpaired) electrons. The minimum absolute atomic E-state index is 0.140. The van der Waals surface area contributed by atoms with Crippen LogP contribution in [0.4, 0.5) is 19.0 Å². The van der Waals surface area contributed by atoms with Gasteiger partial charge in [0.2, 0.25) is 0 Å². The summed E-state index contributed by atoms with van der Waals surface area (Å²) in [5.41, 5.74) is 5.49. The van der Waals surface area contributed by atoms with Gasteiger partial charge in [-0.25, -0.2) is 0 Å². The molecule has 5 N–H and O–H groups in total. The molecule has 7 nitrogen and oxygen atoms in total. The van der Waals surface area contributed by atoms with Crippen molar-refractivity contribution in [3.63, 3.8) is 0 Å². The summed E-state index contributed by atoms with van der Waals surface area (Å²) in [6.45, 7) is 1.94. The first-order chi connectivity index (χ1) is 18.3. The summed E-state index contributed by atoms with van der Waals surface area (Å²) in [7, 11) is 3.67. The van der Waals surface area contributed by atoms with E-state index in [1.54, 1.807) is 6.08 Å². The van der Waals surface area contributed by atoms with Gasteiger partial charge in [-0.05, 0) is 80.6 Å². The molecule has 5 aliphatic rings. The second-order valence-corrected chi connectivity index (χ2v) is 12.5. The van der Waals surface area contributed by atoms with E-state index in [2.05, 4.69) is 16.3 Å². The Labute approximate surface area is 224 Å². The first kappa shape index (κ1) is 25.3. The number of nitrogens with zero attached hydrogens (tertiary/aromatic N) is 2. The molecule has 1 unspecified atom stereocenters. The molecule has 1 aromatic carbocycles. The van der Waals surface area contributed by atoms with Gasteiger partial charge >= 0.3 is 6.18 Å². The molecule has 39 heavy (non-hydrogen) atoms. The lowest BCUT2D eigenvalue weighted by atomic mass is 9.56. The van der Waals surface area contributed by atoms with Gasteiger partial charge in [-0.3, -0.25) is 5.10 Å². The second-order valence-electron chi connectivity index (χ2n) is 12.5. The van der Waals surface area contributed by atoms with Crippen molar-refractivity contribution >= 4 is 22.3 Å². The number of likely N-dealkylation sites (N-methyl/N-ethyl adjacent to an activating group) is 1. The van der Waals surface area contributed by atoms with E-state index in [1.165, 1.54) is 0 Å². The number of hydrogen-bond donors (Lipinski definition) is 4. The number of aliphatic hydroxyl groups is 2. The highest BCUT2D eigenvalue weighted by Crippen LogP contribution is 2.70. The van der Waals surface area contributed by atoms with Crippen molar-refractivity contribution in [3.8, 4) is 0 Å². The summed E-state index contributed by atoms with van der Waals surface area (Å²) in [4.78, 5) is 1.86. The van der Waals surface area contributed by atoms with Crippen molar-refractivity contribution in [1.29, 1.82) is 0 Å². The Balaban J connectivity index is 1.39. The van der Waals surface area contributed by atoms with Crippen LogP contribution in [0.25, 0.3) is 16.5 Å². The molecule has 10 heteroatoms. The minimum Gasteiger partial charge on any atom is -0.388 e. The average molecular weight is 543 g/mol. The third-order valence-corrected chi connectivity index (χ3v) is 10.4. The Bertz CT molecular complexity index is 1490. The van der Waals surface area contributed by atoms with Crippen molar-refractivity contribution in [2.45, 2.75) is 74.7 Å². The predicted molar refractivity (Wildman–Crippen MR) is 140 cm³/mol. The molecule has 2 bridgehead atoms. The standard InChI is InChI=1S/C29H33F3N4O3/c1-26-12-19(29(30,31)32)17-11-18-23(37)24(38)21(36(2)3)13-27(18)8-9-28(17,39-27)22(26)7-6-16(26)14-4-5-15-20(10-14)34-35-25(15)33/h4-6,10-11,21-24,37-38H,7-9,12-13H2,1-3H3,(H3,33,34,35)/t21-,22?,23+,24+,26+,27+,28+/m0/s1. The van der Waals surface area contributed by atoms with Gasteiger partial charge in [0.15, 0.2) is 5.82 Å². The average Bonchev–Trinajstić information content (AvgIpc) is 3.52. The number of aliphatic hydroxyl groups excluding tert-OH is 2. The summed E-state index contributed by atoms with van der Waals surface area (Å²) >= 11 is 0. The zero-order chi connectivity index (χ0) is 27.7. The smallest absolute Gasteiger partial charge is 0.388 e. The van der Waals surface area contributed by atoms with Crippen molar-refractivity contribution < 1.29 is 28.1 Å². The number of ether oxygens (including phenoxy) is 1. The summed E-state index contributed by atoms with van der Waals surface area (Å²) in [6, 6.07) is 5.31. The third kappa shape index (κ3) is 3.17. The molecule has 7 atom stereocenters. The van der Waals surface area contributed by atoms with Crippen LogP contribution in [-0.4, -0.2) is 75.0 Å². The van der Waals surface area contributed by atoms with Gasteiger partial charge in [-0.1, -0.05) is 25.1 Å². The number of fused-ring (bicyclic) bond motifs is 2. The molecule has 1 saturated carbocycles. The number of allylic oxidation sites excluding steroid dienone is 3. The highest BCUT2D eigenvalue weighted by atomic mass is 19.4. The molecule has 0 amide bonds. The first-order valence-electron chi connectivity index (χ1n) is 13.5. The van der Waals surface area contributed by atoms with Crippen LogP contribution in [0.5, 0.6) is 0 Å². The lowest BCUT2D eigenvalue weighted by Gasteiger charge is -2.57. The van der Waals surface area contributed by atoms with E-state index in [0.29, 0.717) is 37.1 Å². The maximum Gasteiger partial charge on any atom is 0.413 e. The van der Waals surface area contributed by atoms with Crippen molar-refractivity contribution in [2.24, 2.45) is 11.3 Å². The highest BCUT2D eigenvalue weighted by molar-refractivity contribution is 5.91. The number of halogens is 3. The maximum atomic E-state index is 14.9. The quantitative estimate of drug-likeness (QED) is 0.455. The molecule has 2 aromatic rings. The van der Waals surface area contributed by atoms with E-state index < -0.39 is 40.6 Å². The fourth-order valence-electron chi connectivity index (χ4n) is 8.58. The Hall–Kier alpha value is -2.66. The van der Waals surface area contributed by atoms with E-state index in [1.807, 2.05) is 44.1 Å². The summed E-state index contributed by atoms with van der Waals surface area (Å²) in [5.74, 6) is 0.178. The number of nitrogen functional groups attached to an aromatic ring is 1. The molecular formula is C29H33F3N4O3. The Kier molecular flexibility index (Phi) is 5.03. The van der Waals surface area contributed by atoms with Crippen LogP contribution in [0, 0.1) is 11.3 Å². The van der Waals surface area contributed by atoms with Crippen molar-refractivity contribution in [2.75, 3.05) is 19.8 Å². The largest absolute Gasteiger partial charge is 0.413 e. The zero-order valence-electron chi connectivity index (χ0n) is 22.1. The highest BCUT2D eigenvalue weighted by Gasteiger charge is 2.69. The number of nitrogens with one attached hydrogen (secondary N) is 1. The fraction of sp³-hybridized carbons (Fsp3) is 0.552. The molecule has 208 valence electrons. The Morgan fingerprint density at radius 2 is 1.97 bits per heavy atom. The van der Waals surface area contributed by atoms with Gasteiger partial charge < -0.3 is 25.6 Å². The van der Waals surface area contributed by atoms with E-state index in [9.17, 15) is 23.4 Å². The van der Waals surface area contributed by atoms with Gasteiger partial charge in [-0.2, -0.15) is 18.3 Å².